The van der Waals surface area contributed by atoms with Crippen molar-refractivity contribution in [2.45, 2.75) is 19.3 Å². The first-order valence-electron chi connectivity index (χ1n) is 15.7. The highest BCUT2D eigenvalue weighted by molar-refractivity contribution is 6.97. The topological polar surface area (TPSA) is 0 Å². The van der Waals surface area contributed by atoms with Crippen LogP contribution in [0, 0.1) is 0 Å². The summed E-state index contributed by atoms with van der Waals surface area (Å²) in [7, 11) is 0. The van der Waals surface area contributed by atoms with Crippen LogP contribution in [-0.2, 0) is 5.41 Å². The quantitative estimate of drug-likeness (QED) is 0.150. The minimum Gasteiger partial charge on any atom is -0.0686 e. The fourth-order valence-corrected chi connectivity index (χ4v) is 8.11. The molecular weight excluding hydrogens is 527 g/mol. The zero-order valence-corrected chi connectivity index (χ0v) is 25.0. The van der Waals surface area contributed by atoms with Crippen molar-refractivity contribution >= 4 is 55.4 Å². The van der Waals surface area contributed by atoms with Crippen LogP contribution < -0.4 is 16.4 Å². The van der Waals surface area contributed by atoms with Crippen molar-refractivity contribution in [3.05, 3.63) is 163 Å². The average molecular weight is 559 g/mol. The zero-order valence-electron chi connectivity index (χ0n) is 25.0. The van der Waals surface area contributed by atoms with Gasteiger partial charge in [0.1, 0.15) is 0 Å². The Labute approximate surface area is 259 Å². The van der Waals surface area contributed by atoms with E-state index in [1.807, 2.05) is 0 Å². The summed E-state index contributed by atoms with van der Waals surface area (Å²) in [5.74, 6) is 0. The molecule has 9 rings (SSSR count). The first kappa shape index (κ1) is 25.4. The lowest BCUT2D eigenvalue weighted by atomic mass is 9.36. The molecule has 8 aromatic rings. The van der Waals surface area contributed by atoms with Crippen LogP contribution in [0.15, 0.2) is 152 Å². The molecule has 1 aliphatic rings. The summed E-state index contributed by atoms with van der Waals surface area (Å²) in [6, 6.07) is 56.6. The molecule has 0 unspecified atom stereocenters. The van der Waals surface area contributed by atoms with E-state index in [1.54, 1.807) is 0 Å². The van der Waals surface area contributed by atoms with Gasteiger partial charge in [0, 0.05) is 5.41 Å². The van der Waals surface area contributed by atoms with Gasteiger partial charge in [-0.15, -0.1) is 0 Å². The van der Waals surface area contributed by atoms with Gasteiger partial charge in [0.05, 0.1) is 0 Å². The lowest BCUT2D eigenvalue weighted by molar-refractivity contribution is 0.653. The molecule has 0 spiro atoms. The van der Waals surface area contributed by atoms with Crippen molar-refractivity contribution in [3.8, 4) is 22.3 Å². The fourth-order valence-electron chi connectivity index (χ4n) is 8.11. The van der Waals surface area contributed by atoms with E-state index in [0.717, 1.165) is 0 Å². The molecule has 0 aromatic heterocycles. The number of hydrogen-bond acceptors (Lipinski definition) is 0. The Morgan fingerprint density at radius 3 is 1.73 bits per heavy atom. The van der Waals surface area contributed by atoms with Crippen LogP contribution in [0.5, 0.6) is 0 Å². The molecule has 206 valence electrons. The van der Waals surface area contributed by atoms with Gasteiger partial charge in [0.15, 0.2) is 0 Å². The smallest absolute Gasteiger partial charge is 0.0686 e. The van der Waals surface area contributed by atoms with Crippen LogP contribution >= 0.6 is 0 Å². The molecule has 8 aromatic carbocycles. The van der Waals surface area contributed by atoms with Crippen molar-refractivity contribution in [1.29, 1.82) is 0 Å². The van der Waals surface area contributed by atoms with E-state index in [-0.39, 0.29) is 12.1 Å². The zero-order chi connectivity index (χ0) is 29.4. The van der Waals surface area contributed by atoms with E-state index in [0.29, 0.717) is 0 Å². The second-order valence-electron chi connectivity index (χ2n) is 12.8. The number of benzene rings is 8. The van der Waals surface area contributed by atoms with E-state index in [4.69, 9.17) is 0 Å². The first-order chi connectivity index (χ1) is 21.6. The molecule has 0 bridgehead atoms. The van der Waals surface area contributed by atoms with Crippen LogP contribution in [0.4, 0.5) is 0 Å². The van der Waals surface area contributed by atoms with Crippen LogP contribution in [0.3, 0.4) is 0 Å². The van der Waals surface area contributed by atoms with Crippen molar-refractivity contribution in [1.82, 2.24) is 0 Å². The predicted octanol–water partition coefficient (Wildman–Crippen LogP) is 9.07. The normalized spacial score (nSPS) is 13.8. The lowest BCUT2D eigenvalue weighted by Gasteiger charge is -2.30. The SMILES string of the molecule is CC1(C)c2ccccc2B(c2ccccc2)c2ccc3ccc4c(-c5ccccc5)cc(-c5ccccc5)c5cc1c2c3c45. The number of hydrogen-bond donors (Lipinski definition) is 0. The van der Waals surface area contributed by atoms with Crippen molar-refractivity contribution in [2.75, 3.05) is 0 Å². The van der Waals surface area contributed by atoms with Gasteiger partial charge < -0.3 is 0 Å². The summed E-state index contributed by atoms with van der Waals surface area (Å²) in [5, 5.41) is 8.14. The second-order valence-corrected chi connectivity index (χ2v) is 12.8. The predicted molar refractivity (Wildman–Crippen MR) is 191 cm³/mol. The maximum absolute atomic E-state index is 2.55. The summed E-state index contributed by atoms with van der Waals surface area (Å²) in [6.07, 6.45) is 0. The molecule has 0 N–H and O–H groups in total. The maximum atomic E-state index is 2.55. The third kappa shape index (κ3) is 3.53. The Hall–Kier alpha value is -5.14. The molecule has 1 heteroatoms. The summed E-state index contributed by atoms with van der Waals surface area (Å²) in [5.41, 5.74) is 11.8. The average Bonchev–Trinajstić information content (AvgIpc) is 3.16. The summed E-state index contributed by atoms with van der Waals surface area (Å²) >= 11 is 0. The molecule has 0 atom stereocenters. The summed E-state index contributed by atoms with van der Waals surface area (Å²) in [4.78, 5) is 0. The third-order valence-electron chi connectivity index (χ3n) is 10.1. The Bertz CT molecular complexity index is 2330. The summed E-state index contributed by atoms with van der Waals surface area (Å²) < 4.78 is 0. The standard InChI is InChI=1S/C43H31B/c1-43(2)36-20-12-13-21-38(36)44(31-18-10-5-11-19-31)39-25-23-30-22-24-32-33(28-14-6-3-7-15-28)26-34(29-16-8-4-9-17-29)35-27-37(43)42(39)40(30)41(32)35/h3-27H,1-2H3. The third-order valence-corrected chi connectivity index (χ3v) is 10.1. The fraction of sp³-hybridized carbons (Fsp3) is 0.0698. The largest absolute Gasteiger partial charge is 0.242 e. The molecule has 0 fully saturated rings. The van der Waals surface area contributed by atoms with Gasteiger partial charge in [0.25, 0.3) is 0 Å². The van der Waals surface area contributed by atoms with E-state index in [2.05, 4.69) is 166 Å². The Morgan fingerprint density at radius 1 is 0.432 bits per heavy atom. The molecule has 1 heterocycles. The minimum atomic E-state index is -0.199. The molecule has 0 saturated heterocycles. The van der Waals surface area contributed by atoms with Crippen molar-refractivity contribution in [2.24, 2.45) is 0 Å². The minimum absolute atomic E-state index is 0.152. The van der Waals surface area contributed by atoms with E-state index in [9.17, 15) is 0 Å². The van der Waals surface area contributed by atoms with E-state index >= 15 is 0 Å². The lowest BCUT2D eigenvalue weighted by Crippen LogP contribution is -2.53. The molecular formula is C43H31B. The molecule has 0 amide bonds. The molecule has 1 aliphatic heterocycles. The highest BCUT2D eigenvalue weighted by Gasteiger charge is 2.38. The first-order valence-corrected chi connectivity index (χ1v) is 15.7. The van der Waals surface area contributed by atoms with Crippen LogP contribution in [0.25, 0.3) is 54.6 Å². The number of fused-ring (bicyclic) bond motifs is 1. The van der Waals surface area contributed by atoms with Crippen molar-refractivity contribution < 1.29 is 0 Å². The summed E-state index contributed by atoms with van der Waals surface area (Å²) in [6.45, 7) is 5.01. The van der Waals surface area contributed by atoms with Crippen molar-refractivity contribution in [3.63, 3.8) is 0 Å². The van der Waals surface area contributed by atoms with Gasteiger partial charge in [0.2, 0.25) is 6.71 Å². The maximum Gasteiger partial charge on any atom is 0.242 e. The molecule has 0 nitrogen and oxygen atoms in total. The Balaban J connectivity index is 1.52. The highest BCUT2D eigenvalue weighted by atomic mass is 14.3. The van der Waals surface area contributed by atoms with E-state index < -0.39 is 0 Å². The Kier molecular flexibility index (Phi) is 5.44. The highest BCUT2D eigenvalue weighted by Crippen LogP contribution is 2.48. The molecule has 0 saturated carbocycles. The monoisotopic (exact) mass is 558 g/mol. The molecule has 44 heavy (non-hydrogen) atoms. The molecule has 0 aliphatic carbocycles. The van der Waals surface area contributed by atoms with Gasteiger partial charge >= 0.3 is 0 Å². The van der Waals surface area contributed by atoms with Crippen LogP contribution in [0.1, 0.15) is 25.0 Å². The molecule has 0 radical (unpaired) electrons. The van der Waals surface area contributed by atoms with Gasteiger partial charge in [-0.25, -0.2) is 0 Å². The Morgan fingerprint density at radius 2 is 1.02 bits per heavy atom. The van der Waals surface area contributed by atoms with Gasteiger partial charge in [-0.1, -0.05) is 170 Å². The van der Waals surface area contributed by atoms with Gasteiger partial charge in [-0.3, -0.25) is 0 Å². The van der Waals surface area contributed by atoms with Crippen LogP contribution in [-0.4, -0.2) is 6.71 Å². The second kappa shape index (κ2) is 9.43. The van der Waals surface area contributed by atoms with E-state index in [1.165, 1.54) is 82.1 Å². The van der Waals surface area contributed by atoms with Crippen LogP contribution in [0.2, 0.25) is 0 Å². The van der Waals surface area contributed by atoms with Gasteiger partial charge in [-0.05, 0) is 77.8 Å². The number of rotatable bonds is 3. The van der Waals surface area contributed by atoms with Gasteiger partial charge in [-0.2, -0.15) is 0 Å².